The van der Waals surface area contributed by atoms with Crippen molar-refractivity contribution in [3.05, 3.63) is 46.5 Å². The molecular formula is C10H9BrN2O. The second kappa shape index (κ2) is 4.37. The van der Waals surface area contributed by atoms with Crippen LogP contribution in [0.1, 0.15) is 11.5 Å². The zero-order chi connectivity index (χ0) is 9.80. The molecule has 1 aromatic heterocycles. The van der Waals surface area contributed by atoms with Crippen LogP contribution in [0.2, 0.25) is 0 Å². The highest BCUT2D eigenvalue weighted by Gasteiger charge is 2.03. The molecule has 0 fully saturated rings. The van der Waals surface area contributed by atoms with Gasteiger partial charge < -0.3 is 4.52 Å². The zero-order valence-corrected chi connectivity index (χ0v) is 9.07. The predicted molar refractivity (Wildman–Crippen MR) is 55.8 cm³/mol. The maximum Gasteiger partial charge on any atom is 0.238 e. The molecule has 72 valence electrons. The molecule has 0 aliphatic rings. The largest absolute Gasteiger partial charge is 0.338 e. The zero-order valence-electron chi connectivity index (χ0n) is 7.48. The van der Waals surface area contributed by atoms with Gasteiger partial charge in [-0.1, -0.05) is 30.3 Å². The van der Waals surface area contributed by atoms with Gasteiger partial charge in [0.2, 0.25) is 10.6 Å². The van der Waals surface area contributed by atoms with Crippen molar-refractivity contribution < 1.29 is 4.52 Å². The van der Waals surface area contributed by atoms with Crippen LogP contribution in [0.4, 0.5) is 0 Å². The van der Waals surface area contributed by atoms with E-state index >= 15 is 0 Å². The van der Waals surface area contributed by atoms with E-state index < -0.39 is 0 Å². The van der Waals surface area contributed by atoms with Crippen LogP contribution in [0.15, 0.2) is 39.6 Å². The summed E-state index contributed by atoms with van der Waals surface area (Å²) in [6.07, 6.45) is 1.71. The first kappa shape index (κ1) is 9.40. The molecule has 0 N–H and O–H groups in total. The monoisotopic (exact) mass is 252 g/mol. The van der Waals surface area contributed by atoms with Gasteiger partial charge in [0.1, 0.15) is 0 Å². The maximum absolute atomic E-state index is 4.98. The van der Waals surface area contributed by atoms with Crippen LogP contribution in [0, 0.1) is 0 Å². The minimum absolute atomic E-state index is 0.514. The lowest BCUT2D eigenvalue weighted by Crippen LogP contribution is -1.90. The van der Waals surface area contributed by atoms with E-state index in [-0.39, 0.29) is 0 Å². The average molecular weight is 253 g/mol. The Morgan fingerprint density at radius 2 is 1.93 bits per heavy atom. The van der Waals surface area contributed by atoms with E-state index in [1.54, 1.807) is 0 Å². The Morgan fingerprint density at radius 3 is 2.57 bits per heavy atom. The number of rotatable bonds is 3. The summed E-state index contributed by atoms with van der Waals surface area (Å²) in [4.78, 5) is 4.06. The molecule has 0 saturated carbocycles. The summed E-state index contributed by atoms with van der Waals surface area (Å²) in [5.74, 6) is 0.667. The first-order valence-corrected chi connectivity index (χ1v) is 5.16. The highest BCUT2D eigenvalue weighted by atomic mass is 79.9. The Bertz CT molecular complexity index is 400. The summed E-state index contributed by atoms with van der Waals surface area (Å²) < 4.78 is 5.49. The van der Waals surface area contributed by atoms with Gasteiger partial charge in [0, 0.05) is 6.42 Å². The molecule has 0 amide bonds. The van der Waals surface area contributed by atoms with Crippen LogP contribution in [0.3, 0.4) is 0 Å². The van der Waals surface area contributed by atoms with E-state index in [9.17, 15) is 0 Å². The molecule has 3 nitrogen and oxygen atoms in total. The average Bonchev–Trinajstić information content (AvgIpc) is 2.63. The summed E-state index contributed by atoms with van der Waals surface area (Å²) in [5, 5.41) is 3.66. The summed E-state index contributed by atoms with van der Waals surface area (Å²) in [6.45, 7) is 0. The molecule has 1 aromatic carbocycles. The smallest absolute Gasteiger partial charge is 0.238 e. The molecule has 0 unspecified atom stereocenters. The summed E-state index contributed by atoms with van der Waals surface area (Å²) in [5.41, 5.74) is 1.28. The van der Waals surface area contributed by atoms with Gasteiger partial charge in [-0.25, -0.2) is 0 Å². The summed E-state index contributed by atoms with van der Waals surface area (Å²) >= 11 is 3.14. The molecular weight excluding hydrogens is 244 g/mol. The summed E-state index contributed by atoms with van der Waals surface area (Å²) in [6, 6.07) is 10.2. The highest BCUT2D eigenvalue weighted by Crippen LogP contribution is 2.08. The predicted octanol–water partition coefficient (Wildman–Crippen LogP) is 2.62. The van der Waals surface area contributed by atoms with Gasteiger partial charge in [-0.3, -0.25) is 0 Å². The maximum atomic E-state index is 4.98. The molecule has 0 aliphatic heterocycles. The van der Waals surface area contributed by atoms with Crippen LogP contribution >= 0.6 is 15.9 Å². The van der Waals surface area contributed by atoms with E-state index in [1.807, 2.05) is 18.2 Å². The number of hydrogen-bond acceptors (Lipinski definition) is 3. The van der Waals surface area contributed by atoms with Crippen molar-refractivity contribution in [1.29, 1.82) is 0 Å². The fourth-order valence-electron chi connectivity index (χ4n) is 1.23. The van der Waals surface area contributed by atoms with Gasteiger partial charge in [0.25, 0.3) is 0 Å². The first-order chi connectivity index (χ1) is 6.84. The molecule has 0 aliphatic carbocycles. The number of aromatic nitrogens is 2. The van der Waals surface area contributed by atoms with Crippen molar-refractivity contribution in [2.24, 2.45) is 0 Å². The van der Waals surface area contributed by atoms with Crippen LogP contribution < -0.4 is 0 Å². The topological polar surface area (TPSA) is 38.9 Å². The van der Waals surface area contributed by atoms with E-state index in [2.05, 4.69) is 38.2 Å². The van der Waals surface area contributed by atoms with E-state index in [4.69, 9.17) is 4.52 Å². The number of benzene rings is 1. The molecule has 14 heavy (non-hydrogen) atoms. The Hall–Kier alpha value is -1.16. The van der Waals surface area contributed by atoms with Crippen molar-refractivity contribution in [2.45, 2.75) is 12.8 Å². The van der Waals surface area contributed by atoms with Crippen molar-refractivity contribution in [3.63, 3.8) is 0 Å². The third kappa shape index (κ3) is 2.42. The van der Waals surface area contributed by atoms with Crippen LogP contribution in [-0.2, 0) is 12.8 Å². The van der Waals surface area contributed by atoms with E-state index in [0.717, 1.165) is 12.8 Å². The number of hydrogen-bond donors (Lipinski definition) is 0. The molecule has 0 radical (unpaired) electrons. The van der Waals surface area contributed by atoms with Crippen LogP contribution in [-0.4, -0.2) is 10.1 Å². The fraction of sp³-hybridized carbons (Fsp3) is 0.200. The molecule has 1 heterocycles. The minimum Gasteiger partial charge on any atom is -0.338 e. The van der Waals surface area contributed by atoms with Gasteiger partial charge in [0.15, 0.2) is 0 Å². The SMILES string of the molecule is Brc1noc(CCc2ccccc2)n1. The quantitative estimate of drug-likeness (QED) is 0.843. The normalized spacial score (nSPS) is 10.4. The third-order valence-electron chi connectivity index (χ3n) is 1.91. The second-order valence-electron chi connectivity index (χ2n) is 2.94. The van der Waals surface area contributed by atoms with Crippen molar-refractivity contribution in [2.75, 3.05) is 0 Å². The third-order valence-corrected chi connectivity index (χ3v) is 2.24. The molecule has 2 aromatic rings. The Morgan fingerprint density at radius 1 is 1.14 bits per heavy atom. The Kier molecular flexibility index (Phi) is 2.93. The molecule has 2 rings (SSSR count). The molecule has 0 saturated heterocycles. The molecule has 0 spiro atoms. The number of nitrogens with zero attached hydrogens (tertiary/aromatic N) is 2. The molecule has 0 bridgehead atoms. The van der Waals surface area contributed by atoms with Gasteiger partial charge >= 0.3 is 0 Å². The standard InChI is InChI=1S/C10H9BrN2O/c11-10-12-9(14-13-10)7-6-8-4-2-1-3-5-8/h1-5H,6-7H2. The second-order valence-corrected chi connectivity index (χ2v) is 3.65. The molecule has 4 heteroatoms. The van der Waals surface area contributed by atoms with Crippen molar-refractivity contribution >= 4 is 15.9 Å². The first-order valence-electron chi connectivity index (χ1n) is 4.36. The lowest BCUT2D eigenvalue weighted by molar-refractivity contribution is 0.375. The minimum atomic E-state index is 0.514. The molecule has 0 atom stereocenters. The van der Waals surface area contributed by atoms with Crippen LogP contribution in [0.25, 0.3) is 0 Å². The van der Waals surface area contributed by atoms with E-state index in [1.165, 1.54) is 5.56 Å². The van der Waals surface area contributed by atoms with Crippen molar-refractivity contribution in [1.82, 2.24) is 10.1 Å². The lowest BCUT2D eigenvalue weighted by atomic mass is 10.1. The van der Waals surface area contributed by atoms with Gasteiger partial charge in [-0.15, -0.1) is 0 Å². The number of halogens is 1. The lowest BCUT2D eigenvalue weighted by Gasteiger charge is -1.96. The Balaban J connectivity index is 1.95. The Labute approximate surface area is 90.3 Å². The number of aryl methyl sites for hydroxylation is 2. The van der Waals surface area contributed by atoms with Crippen LogP contribution in [0.5, 0.6) is 0 Å². The van der Waals surface area contributed by atoms with Gasteiger partial charge in [-0.05, 0) is 33.1 Å². The van der Waals surface area contributed by atoms with Crippen molar-refractivity contribution in [3.8, 4) is 0 Å². The fourth-order valence-corrected chi connectivity index (χ4v) is 1.50. The highest BCUT2D eigenvalue weighted by molar-refractivity contribution is 9.10. The van der Waals surface area contributed by atoms with Gasteiger partial charge in [-0.2, -0.15) is 4.98 Å². The van der Waals surface area contributed by atoms with Gasteiger partial charge in [0.05, 0.1) is 0 Å². The summed E-state index contributed by atoms with van der Waals surface area (Å²) in [7, 11) is 0. The van der Waals surface area contributed by atoms with E-state index in [0.29, 0.717) is 10.6 Å².